The van der Waals surface area contributed by atoms with Crippen molar-refractivity contribution in [2.24, 2.45) is 5.41 Å². The number of carbonyl (C=O) groups excluding carboxylic acids is 2. The highest BCUT2D eigenvalue weighted by Crippen LogP contribution is 2.48. The fourth-order valence-corrected chi connectivity index (χ4v) is 3.94. The molecule has 9 nitrogen and oxygen atoms in total. The van der Waals surface area contributed by atoms with Gasteiger partial charge in [0, 0.05) is 17.8 Å². The number of rotatable bonds is 8. The van der Waals surface area contributed by atoms with Crippen LogP contribution >= 0.6 is 0 Å². The van der Waals surface area contributed by atoms with Crippen molar-refractivity contribution in [2.75, 3.05) is 24.9 Å². The summed E-state index contributed by atoms with van der Waals surface area (Å²) in [5.41, 5.74) is -0.463. The summed E-state index contributed by atoms with van der Waals surface area (Å²) in [4.78, 5) is 34.5. The van der Waals surface area contributed by atoms with Gasteiger partial charge < -0.3 is 24.8 Å². The minimum Gasteiger partial charge on any atom is -0.493 e. The molecule has 1 aliphatic rings. The van der Waals surface area contributed by atoms with Gasteiger partial charge in [0.1, 0.15) is 23.4 Å². The molecule has 0 saturated heterocycles. The Morgan fingerprint density at radius 2 is 1.47 bits per heavy atom. The number of nitrogens with zero attached hydrogens (tertiary/aromatic N) is 2. The Labute approximate surface area is 215 Å². The Morgan fingerprint density at radius 1 is 0.816 bits per heavy atom. The van der Waals surface area contributed by atoms with Gasteiger partial charge >= 0.3 is 0 Å². The quantitative estimate of drug-likeness (QED) is 0.312. The molecule has 1 aromatic heterocycles. The molecule has 1 aliphatic carbocycles. The summed E-state index contributed by atoms with van der Waals surface area (Å²) in [5, 5.41) is 5.75. The molecule has 3 aromatic carbocycles. The number of hydrogen-bond donors (Lipinski definition) is 2. The minimum absolute atomic E-state index is 0.0168. The highest BCUT2D eigenvalue weighted by atomic mass is 19.1. The normalized spacial score (nSPS) is 13.5. The first-order valence-electron chi connectivity index (χ1n) is 11.6. The summed E-state index contributed by atoms with van der Waals surface area (Å²) < 4.78 is 44.0. The lowest BCUT2D eigenvalue weighted by Gasteiger charge is -2.18. The number of carbonyl (C=O) groups is 2. The number of ether oxygens (including phenoxy) is 3. The van der Waals surface area contributed by atoms with E-state index in [0.717, 1.165) is 6.07 Å². The number of amides is 2. The molecular formula is C27H22F2N4O5. The second-order valence-corrected chi connectivity index (χ2v) is 8.64. The Kier molecular flexibility index (Phi) is 6.50. The third-order valence-corrected chi connectivity index (χ3v) is 6.22. The number of aromatic nitrogens is 2. The van der Waals surface area contributed by atoms with E-state index in [4.69, 9.17) is 14.2 Å². The standard InChI is InChI=1S/C27H22F2N4O5/c1-36-22-12-18-19(13-23(22)37-2)30-14-31-24(18)38-21-8-5-16(29)11-20(21)33-26(35)27(9-10-27)25(34)32-17-6-3-15(28)4-7-17/h3-8,11-14H,9-10H2,1-2H3,(H,32,34)(H,33,35). The van der Waals surface area contributed by atoms with E-state index in [1.54, 1.807) is 12.1 Å². The molecule has 0 aliphatic heterocycles. The molecular weight excluding hydrogens is 498 g/mol. The van der Waals surface area contributed by atoms with Gasteiger partial charge in [-0.25, -0.2) is 18.7 Å². The first-order valence-corrected chi connectivity index (χ1v) is 11.6. The van der Waals surface area contributed by atoms with E-state index in [0.29, 0.717) is 40.9 Å². The maximum absolute atomic E-state index is 14.2. The molecule has 0 spiro atoms. The maximum atomic E-state index is 14.2. The number of benzene rings is 3. The Morgan fingerprint density at radius 3 is 2.16 bits per heavy atom. The van der Waals surface area contributed by atoms with Gasteiger partial charge in [0.05, 0.1) is 30.8 Å². The van der Waals surface area contributed by atoms with Gasteiger partial charge in [-0.1, -0.05) is 0 Å². The molecule has 0 unspecified atom stereocenters. The highest BCUT2D eigenvalue weighted by Gasteiger charge is 2.56. The van der Waals surface area contributed by atoms with Crippen LogP contribution in [0.5, 0.6) is 23.1 Å². The molecule has 1 heterocycles. The Balaban J connectivity index is 1.41. The molecule has 4 aromatic rings. The first kappa shape index (κ1) is 24.9. The topological polar surface area (TPSA) is 112 Å². The summed E-state index contributed by atoms with van der Waals surface area (Å²) in [6, 6.07) is 12.1. The molecule has 1 saturated carbocycles. The Hall–Kier alpha value is -4.80. The molecule has 5 rings (SSSR count). The summed E-state index contributed by atoms with van der Waals surface area (Å²) in [7, 11) is 2.99. The molecule has 194 valence electrons. The van der Waals surface area contributed by atoms with Gasteiger partial charge in [-0.15, -0.1) is 0 Å². The van der Waals surface area contributed by atoms with Crippen molar-refractivity contribution in [1.29, 1.82) is 0 Å². The largest absolute Gasteiger partial charge is 0.493 e. The van der Waals surface area contributed by atoms with E-state index >= 15 is 0 Å². The summed E-state index contributed by atoms with van der Waals surface area (Å²) >= 11 is 0. The van der Waals surface area contributed by atoms with Gasteiger partial charge in [-0.05, 0) is 55.3 Å². The molecule has 38 heavy (non-hydrogen) atoms. The number of fused-ring (bicyclic) bond motifs is 1. The SMILES string of the molecule is COc1cc2ncnc(Oc3ccc(F)cc3NC(=O)C3(C(=O)Nc4ccc(F)cc4)CC3)c2cc1OC. The molecule has 1 fully saturated rings. The number of hydrogen-bond acceptors (Lipinski definition) is 7. The zero-order valence-corrected chi connectivity index (χ0v) is 20.4. The molecule has 2 amide bonds. The van der Waals surface area contributed by atoms with E-state index in [1.165, 1.54) is 56.9 Å². The lowest BCUT2D eigenvalue weighted by molar-refractivity contribution is -0.131. The predicted octanol–water partition coefficient (Wildman–Crippen LogP) is 5.07. The van der Waals surface area contributed by atoms with Crippen LogP contribution < -0.4 is 24.8 Å². The van der Waals surface area contributed by atoms with Crippen molar-refractivity contribution in [3.05, 3.63) is 72.6 Å². The zero-order chi connectivity index (χ0) is 26.9. The van der Waals surface area contributed by atoms with E-state index in [9.17, 15) is 18.4 Å². The lowest BCUT2D eigenvalue weighted by atomic mass is 10.0. The number of halogens is 2. The smallest absolute Gasteiger partial charge is 0.240 e. The third-order valence-electron chi connectivity index (χ3n) is 6.22. The fraction of sp³-hybridized carbons (Fsp3) is 0.185. The van der Waals surface area contributed by atoms with Crippen molar-refractivity contribution >= 4 is 34.1 Å². The summed E-state index contributed by atoms with van der Waals surface area (Å²) in [5.74, 6) is -1.10. The van der Waals surface area contributed by atoms with Gasteiger partial charge in [-0.2, -0.15) is 0 Å². The first-order chi connectivity index (χ1) is 18.3. The second kappa shape index (κ2) is 9.92. The van der Waals surface area contributed by atoms with Gasteiger partial charge in [0.15, 0.2) is 17.2 Å². The molecule has 2 N–H and O–H groups in total. The van der Waals surface area contributed by atoms with Gasteiger partial charge in [0.2, 0.25) is 17.7 Å². The molecule has 0 bridgehead atoms. The summed E-state index contributed by atoms with van der Waals surface area (Å²) in [6.07, 6.45) is 1.90. The zero-order valence-electron chi connectivity index (χ0n) is 20.4. The highest BCUT2D eigenvalue weighted by molar-refractivity contribution is 6.17. The van der Waals surface area contributed by atoms with Crippen LogP contribution in [0.4, 0.5) is 20.2 Å². The average Bonchev–Trinajstić information content (AvgIpc) is 3.73. The van der Waals surface area contributed by atoms with Crippen LogP contribution in [0.15, 0.2) is 60.9 Å². The molecule has 0 radical (unpaired) electrons. The van der Waals surface area contributed by atoms with Gasteiger partial charge in [0.25, 0.3) is 0 Å². The average molecular weight is 520 g/mol. The number of anilines is 2. The van der Waals surface area contributed by atoms with Crippen LogP contribution in [-0.2, 0) is 9.59 Å². The van der Waals surface area contributed by atoms with Crippen molar-refractivity contribution < 1.29 is 32.6 Å². The third kappa shape index (κ3) is 4.77. The van der Waals surface area contributed by atoms with Crippen LogP contribution in [0, 0.1) is 17.0 Å². The van der Waals surface area contributed by atoms with Crippen LogP contribution in [0.25, 0.3) is 10.9 Å². The van der Waals surface area contributed by atoms with Crippen molar-refractivity contribution in [2.45, 2.75) is 12.8 Å². The van der Waals surface area contributed by atoms with E-state index in [1.807, 2.05) is 0 Å². The lowest BCUT2D eigenvalue weighted by Crippen LogP contribution is -2.35. The maximum Gasteiger partial charge on any atom is 0.240 e. The van der Waals surface area contributed by atoms with Crippen molar-refractivity contribution in [3.63, 3.8) is 0 Å². The number of nitrogens with one attached hydrogen (secondary N) is 2. The minimum atomic E-state index is -1.34. The number of methoxy groups -OCH3 is 2. The van der Waals surface area contributed by atoms with Gasteiger partial charge in [-0.3, -0.25) is 9.59 Å². The van der Waals surface area contributed by atoms with Crippen molar-refractivity contribution in [1.82, 2.24) is 9.97 Å². The fourth-order valence-electron chi connectivity index (χ4n) is 3.94. The van der Waals surface area contributed by atoms with Crippen molar-refractivity contribution in [3.8, 4) is 23.1 Å². The van der Waals surface area contributed by atoms with Crippen LogP contribution in [-0.4, -0.2) is 36.0 Å². The van der Waals surface area contributed by atoms with Crippen LogP contribution in [0.1, 0.15) is 12.8 Å². The monoisotopic (exact) mass is 520 g/mol. The molecule has 11 heteroatoms. The second-order valence-electron chi connectivity index (χ2n) is 8.64. The summed E-state index contributed by atoms with van der Waals surface area (Å²) in [6.45, 7) is 0. The van der Waals surface area contributed by atoms with E-state index in [2.05, 4.69) is 20.6 Å². The molecule has 0 atom stereocenters. The van der Waals surface area contributed by atoms with Crippen LogP contribution in [0.2, 0.25) is 0 Å². The predicted molar refractivity (Wildman–Crippen MR) is 134 cm³/mol. The van der Waals surface area contributed by atoms with E-state index < -0.39 is 28.9 Å². The van der Waals surface area contributed by atoms with E-state index in [-0.39, 0.29) is 17.3 Å². The Bertz CT molecular complexity index is 1540. The van der Waals surface area contributed by atoms with Crippen LogP contribution in [0.3, 0.4) is 0 Å².